The third kappa shape index (κ3) is 3.44. The van der Waals surface area contributed by atoms with E-state index in [4.69, 9.17) is 4.74 Å². The Morgan fingerprint density at radius 1 is 1.13 bits per heavy atom. The minimum Gasteiger partial charge on any atom is -0.392 e. The predicted octanol–water partition coefficient (Wildman–Crippen LogP) is 1.31. The quantitative estimate of drug-likeness (QED) is 0.742. The largest absolute Gasteiger partial charge is 0.392 e. The van der Waals surface area contributed by atoms with Crippen molar-refractivity contribution in [2.45, 2.75) is 50.7 Å². The van der Waals surface area contributed by atoms with Gasteiger partial charge < -0.3 is 15.2 Å². The summed E-state index contributed by atoms with van der Waals surface area (Å²) in [5.41, 5.74) is 0. The average molecular weight is 213 g/mol. The highest BCUT2D eigenvalue weighted by Gasteiger charge is 2.23. The number of ether oxygens (including phenoxy) is 1. The Morgan fingerprint density at radius 2 is 2.00 bits per heavy atom. The van der Waals surface area contributed by atoms with Crippen molar-refractivity contribution in [1.82, 2.24) is 5.32 Å². The molecule has 2 aliphatic rings. The molecule has 0 aromatic rings. The minimum atomic E-state index is -0.122. The second kappa shape index (κ2) is 5.83. The number of hydrogen-bond donors (Lipinski definition) is 2. The summed E-state index contributed by atoms with van der Waals surface area (Å²) < 4.78 is 5.45. The van der Waals surface area contributed by atoms with Gasteiger partial charge in [-0.25, -0.2) is 0 Å². The van der Waals surface area contributed by atoms with Crippen molar-refractivity contribution < 1.29 is 9.84 Å². The summed E-state index contributed by atoms with van der Waals surface area (Å²) in [6.45, 7) is 2.85. The van der Waals surface area contributed by atoms with Crippen molar-refractivity contribution in [2.75, 3.05) is 19.8 Å². The van der Waals surface area contributed by atoms with Crippen LogP contribution < -0.4 is 5.32 Å². The smallest absolute Gasteiger partial charge is 0.0693 e. The van der Waals surface area contributed by atoms with E-state index in [1.54, 1.807) is 0 Å². The lowest BCUT2D eigenvalue weighted by Gasteiger charge is -2.31. The molecule has 15 heavy (non-hydrogen) atoms. The Hall–Kier alpha value is -0.120. The third-order valence-electron chi connectivity index (χ3n) is 3.65. The Kier molecular flexibility index (Phi) is 4.42. The molecule has 3 unspecified atom stereocenters. The maximum Gasteiger partial charge on any atom is 0.0693 e. The molecule has 88 valence electrons. The summed E-state index contributed by atoms with van der Waals surface area (Å²) >= 11 is 0. The first-order valence-electron chi connectivity index (χ1n) is 6.35. The summed E-state index contributed by atoms with van der Waals surface area (Å²) in [6, 6.07) is 0.334. The second-order valence-electron chi connectivity index (χ2n) is 4.95. The zero-order chi connectivity index (χ0) is 10.5. The van der Waals surface area contributed by atoms with Gasteiger partial charge in [0.05, 0.1) is 12.7 Å². The molecule has 1 heterocycles. The van der Waals surface area contributed by atoms with E-state index < -0.39 is 0 Å². The van der Waals surface area contributed by atoms with E-state index in [0.29, 0.717) is 12.0 Å². The van der Waals surface area contributed by atoms with Gasteiger partial charge in [-0.2, -0.15) is 0 Å². The van der Waals surface area contributed by atoms with E-state index in [2.05, 4.69) is 5.32 Å². The standard InChI is InChI=1S/C12H23NO2/c14-12-6-2-1-5-11(12)13-8-10-4-3-7-15-9-10/h10-14H,1-9H2. The fourth-order valence-electron chi connectivity index (χ4n) is 2.64. The Bertz CT molecular complexity index is 180. The molecule has 0 aromatic carbocycles. The highest BCUT2D eigenvalue weighted by atomic mass is 16.5. The molecule has 0 spiro atoms. The summed E-state index contributed by atoms with van der Waals surface area (Å²) in [6.07, 6.45) is 6.90. The van der Waals surface area contributed by atoms with Gasteiger partial charge in [0.15, 0.2) is 0 Å². The molecule has 2 N–H and O–H groups in total. The van der Waals surface area contributed by atoms with Gasteiger partial charge >= 0.3 is 0 Å². The zero-order valence-corrected chi connectivity index (χ0v) is 9.45. The van der Waals surface area contributed by atoms with Crippen LogP contribution in [-0.2, 0) is 4.74 Å². The van der Waals surface area contributed by atoms with Crippen LogP contribution in [0.15, 0.2) is 0 Å². The van der Waals surface area contributed by atoms with Crippen LogP contribution in [0.25, 0.3) is 0 Å². The number of aliphatic hydroxyl groups excluding tert-OH is 1. The number of aliphatic hydroxyl groups is 1. The van der Waals surface area contributed by atoms with Crippen LogP contribution in [0.2, 0.25) is 0 Å². The van der Waals surface area contributed by atoms with Crippen LogP contribution in [0.3, 0.4) is 0 Å². The van der Waals surface area contributed by atoms with Crippen molar-refractivity contribution in [3.63, 3.8) is 0 Å². The van der Waals surface area contributed by atoms with Gasteiger partial charge in [-0.3, -0.25) is 0 Å². The van der Waals surface area contributed by atoms with Gasteiger partial charge in [0.2, 0.25) is 0 Å². The second-order valence-corrected chi connectivity index (χ2v) is 4.95. The lowest BCUT2D eigenvalue weighted by molar-refractivity contribution is 0.0450. The van der Waals surface area contributed by atoms with Crippen LogP contribution in [0, 0.1) is 5.92 Å². The molecule has 0 radical (unpaired) electrons. The van der Waals surface area contributed by atoms with E-state index in [1.165, 1.54) is 25.7 Å². The molecule has 1 saturated heterocycles. The summed E-state index contributed by atoms with van der Waals surface area (Å²) in [5, 5.41) is 13.3. The molecule has 3 atom stereocenters. The molecule has 0 aromatic heterocycles. The van der Waals surface area contributed by atoms with Crippen molar-refractivity contribution in [3.8, 4) is 0 Å². The van der Waals surface area contributed by atoms with Gasteiger partial charge in [-0.15, -0.1) is 0 Å². The minimum absolute atomic E-state index is 0.122. The van der Waals surface area contributed by atoms with Crippen LogP contribution in [0.4, 0.5) is 0 Å². The molecule has 1 saturated carbocycles. The molecule has 0 amide bonds. The molecular weight excluding hydrogens is 190 g/mol. The van der Waals surface area contributed by atoms with Crippen LogP contribution in [0.5, 0.6) is 0 Å². The van der Waals surface area contributed by atoms with Crippen LogP contribution >= 0.6 is 0 Å². The fourth-order valence-corrected chi connectivity index (χ4v) is 2.64. The topological polar surface area (TPSA) is 41.5 Å². The molecule has 1 aliphatic heterocycles. The average Bonchev–Trinajstić information content (AvgIpc) is 2.29. The van der Waals surface area contributed by atoms with Crippen LogP contribution in [-0.4, -0.2) is 37.0 Å². The lowest BCUT2D eigenvalue weighted by Crippen LogP contribution is -2.44. The summed E-state index contributed by atoms with van der Waals surface area (Å²) in [7, 11) is 0. The monoisotopic (exact) mass is 213 g/mol. The Labute approximate surface area is 92.2 Å². The molecule has 3 nitrogen and oxygen atoms in total. The normalized spacial score (nSPS) is 37.8. The van der Waals surface area contributed by atoms with E-state index in [-0.39, 0.29) is 6.10 Å². The number of rotatable bonds is 3. The Morgan fingerprint density at radius 3 is 2.73 bits per heavy atom. The SMILES string of the molecule is OC1CCCCC1NCC1CCCOC1. The highest BCUT2D eigenvalue weighted by molar-refractivity contribution is 4.81. The third-order valence-corrected chi connectivity index (χ3v) is 3.65. The van der Waals surface area contributed by atoms with Crippen LogP contribution in [0.1, 0.15) is 38.5 Å². The molecule has 2 rings (SSSR count). The maximum absolute atomic E-state index is 9.80. The molecule has 1 aliphatic carbocycles. The van der Waals surface area contributed by atoms with Gasteiger partial charge in [0.25, 0.3) is 0 Å². The van der Waals surface area contributed by atoms with Crippen molar-refractivity contribution in [1.29, 1.82) is 0 Å². The van der Waals surface area contributed by atoms with E-state index in [9.17, 15) is 5.11 Å². The van der Waals surface area contributed by atoms with Gasteiger partial charge in [-0.1, -0.05) is 12.8 Å². The zero-order valence-electron chi connectivity index (χ0n) is 9.45. The van der Waals surface area contributed by atoms with Gasteiger partial charge in [-0.05, 0) is 31.6 Å². The van der Waals surface area contributed by atoms with Crippen molar-refractivity contribution in [2.24, 2.45) is 5.92 Å². The van der Waals surface area contributed by atoms with Gasteiger partial charge in [0, 0.05) is 19.2 Å². The van der Waals surface area contributed by atoms with E-state index in [0.717, 1.165) is 32.6 Å². The molecule has 2 fully saturated rings. The predicted molar refractivity (Wildman–Crippen MR) is 59.8 cm³/mol. The first kappa shape index (κ1) is 11.4. The fraction of sp³-hybridized carbons (Fsp3) is 1.00. The van der Waals surface area contributed by atoms with Crippen molar-refractivity contribution in [3.05, 3.63) is 0 Å². The number of nitrogens with one attached hydrogen (secondary N) is 1. The first-order valence-corrected chi connectivity index (χ1v) is 6.35. The molecule has 3 heteroatoms. The number of hydrogen-bond acceptors (Lipinski definition) is 3. The van der Waals surface area contributed by atoms with Gasteiger partial charge in [0.1, 0.15) is 0 Å². The summed E-state index contributed by atoms with van der Waals surface area (Å²) in [5.74, 6) is 0.660. The molecular formula is C12H23NO2. The maximum atomic E-state index is 9.80. The lowest BCUT2D eigenvalue weighted by atomic mass is 9.92. The van der Waals surface area contributed by atoms with E-state index in [1.807, 2.05) is 0 Å². The Balaban J connectivity index is 1.67. The molecule has 0 bridgehead atoms. The van der Waals surface area contributed by atoms with E-state index >= 15 is 0 Å². The van der Waals surface area contributed by atoms with Crippen molar-refractivity contribution >= 4 is 0 Å². The first-order chi connectivity index (χ1) is 7.36. The summed E-state index contributed by atoms with van der Waals surface area (Å²) in [4.78, 5) is 0. The highest BCUT2D eigenvalue weighted by Crippen LogP contribution is 2.19.